The maximum Gasteiger partial charge on any atom is 0.281 e. The van der Waals surface area contributed by atoms with Gasteiger partial charge >= 0.3 is 0 Å². The van der Waals surface area contributed by atoms with E-state index in [1.807, 2.05) is 57.9 Å². The number of rotatable bonds is 15. The third-order valence-corrected chi connectivity index (χ3v) is 11.5. The zero-order valence-corrected chi connectivity index (χ0v) is 40.4. The molecule has 0 bridgehead atoms. The fraction of sp³-hybridized carbons (Fsp3) is 0.261. The number of halogens is 3. The zero-order valence-electron chi connectivity index (χ0n) is 38.0. The Labute approximate surface area is 398 Å². The first-order valence-corrected chi connectivity index (χ1v) is 24.1. The zero-order chi connectivity index (χ0) is 50.1. The van der Waals surface area contributed by atoms with Gasteiger partial charge in [-0.1, -0.05) is 51.4 Å². The number of amides is 2. The van der Waals surface area contributed by atoms with Crippen LogP contribution < -0.4 is 35.7 Å². The number of carbonyl (C=O) groups excluding carboxylic acids is 2. The van der Waals surface area contributed by atoms with Crippen LogP contribution in [0.25, 0.3) is 22.5 Å². The van der Waals surface area contributed by atoms with Gasteiger partial charge in [0.1, 0.15) is 45.7 Å². The summed E-state index contributed by atoms with van der Waals surface area (Å²) in [5.74, 6) is -1.63. The number of pyridine rings is 4. The van der Waals surface area contributed by atoms with Gasteiger partial charge < -0.3 is 26.3 Å². The second kappa shape index (κ2) is 21.8. The van der Waals surface area contributed by atoms with Crippen molar-refractivity contribution in [1.82, 2.24) is 29.4 Å². The minimum absolute atomic E-state index is 0.00160. The number of hydrogen-bond acceptors (Lipinski definition) is 15. The highest BCUT2D eigenvalue weighted by molar-refractivity contribution is 7.90. The minimum Gasteiger partial charge on any atom is -0.493 e. The first-order chi connectivity index (χ1) is 31.8. The second-order valence-electron chi connectivity index (χ2n) is 16.9. The van der Waals surface area contributed by atoms with E-state index in [0.29, 0.717) is 41.5 Å². The monoisotopic (exact) mass is 993 g/mol. The number of hydrogen-bond donors (Lipinski definition) is 5. The van der Waals surface area contributed by atoms with Crippen molar-refractivity contribution in [2.24, 2.45) is 11.8 Å². The molecule has 0 unspecified atom stereocenters. The molecular weight excluding hydrogens is 944 g/mol. The summed E-state index contributed by atoms with van der Waals surface area (Å²) < 4.78 is 93.6. The molecule has 0 fully saturated rings. The Kier molecular flexibility index (Phi) is 16.6. The number of carbonyl (C=O) groups is 2. The average Bonchev–Trinajstić information content (AvgIpc) is 3.24. The molecule has 0 saturated carbocycles. The summed E-state index contributed by atoms with van der Waals surface area (Å²) in [7, 11) is -8.57. The lowest BCUT2D eigenvalue weighted by molar-refractivity contribution is 0.0972. The molecular formula is C46H50ClF2N9O8S2. The van der Waals surface area contributed by atoms with Gasteiger partial charge in [-0.15, -0.1) is 0 Å². The molecule has 0 spiro atoms. The molecule has 0 saturated heterocycles. The molecule has 4 heterocycles. The topological polar surface area (TPSA) is 261 Å². The quantitative estimate of drug-likeness (QED) is 0.0613. The Morgan fingerprint density at radius 1 is 0.632 bits per heavy atom. The second-order valence-corrected chi connectivity index (χ2v) is 20.6. The molecule has 0 aliphatic heterocycles. The van der Waals surface area contributed by atoms with Crippen molar-refractivity contribution >= 4 is 60.9 Å². The smallest absolute Gasteiger partial charge is 0.281 e. The first kappa shape index (κ1) is 52.0. The molecule has 360 valence electrons. The summed E-state index contributed by atoms with van der Waals surface area (Å²) in [6, 6.07) is 22.1. The molecule has 0 aliphatic carbocycles. The Morgan fingerprint density at radius 3 is 1.47 bits per heavy atom. The molecule has 4 aromatic heterocycles. The molecule has 0 atom stereocenters. The number of nitrogens with two attached hydrogens (primary N) is 2. The third-order valence-electron chi connectivity index (χ3n) is 8.72. The SMILES string of the molecule is CC(C)COc1cc(F)cc(-c2ccc(C(=O)NS(=O)(=O)c3cccc(N)n3)c(Cl)n2)c1.CC(C)COc1cc(F)cc(-c2ccc(C(=O)NS(=O)(=O)c3cccc(N)n3)c(NC(C)(C)C)n2)c1. The summed E-state index contributed by atoms with van der Waals surface area (Å²) in [5.41, 5.74) is 11.8. The number of anilines is 3. The molecule has 7 N–H and O–H groups in total. The Balaban J connectivity index is 0.000000256. The summed E-state index contributed by atoms with van der Waals surface area (Å²) in [5, 5.41) is 2.05. The molecule has 22 heteroatoms. The van der Waals surface area contributed by atoms with E-state index >= 15 is 0 Å². The summed E-state index contributed by atoms with van der Waals surface area (Å²) >= 11 is 6.13. The first-order valence-electron chi connectivity index (χ1n) is 20.7. The number of ether oxygens (including phenoxy) is 2. The van der Waals surface area contributed by atoms with Crippen molar-refractivity contribution in [2.45, 2.75) is 64.1 Å². The molecule has 0 radical (unpaired) electrons. The van der Waals surface area contributed by atoms with Crippen LogP contribution in [0, 0.1) is 23.5 Å². The van der Waals surface area contributed by atoms with Gasteiger partial charge in [0.15, 0.2) is 10.1 Å². The number of nitrogens with zero attached hydrogens (tertiary/aromatic N) is 4. The maximum atomic E-state index is 14.3. The minimum atomic E-state index is -4.29. The number of nitrogens with one attached hydrogen (secondary N) is 3. The van der Waals surface area contributed by atoms with Crippen molar-refractivity contribution in [3.8, 4) is 34.0 Å². The molecule has 2 amide bonds. The van der Waals surface area contributed by atoms with Crippen LogP contribution in [0.15, 0.2) is 107 Å². The van der Waals surface area contributed by atoms with E-state index in [4.69, 9.17) is 32.5 Å². The van der Waals surface area contributed by atoms with Crippen LogP contribution >= 0.6 is 11.6 Å². The van der Waals surface area contributed by atoms with Gasteiger partial charge in [-0.2, -0.15) is 16.8 Å². The van der Waals surface area contributed by atoms with Crippen LogP contribution in [0.3, 0.4) is 0 Å². The Hall–Kier alpha value is -6.97. The number of nitrogen functional groups attached to an aromatic ring is 2. The summed E-state index contributed by atoms with van der Waals surface area (Å²) in [6.07, 6.45) is 0. The van der Waals surface area contributed by atoms with E-state index in [0.717, 1.165) is 0 Å². The van der Waals surface area contributed by atoms with E-state index in [1.165, 1.54) is 84.9 Å². The van der Waals surface area contributed by atoms with Gasteiger partial charge in [-0.05, 0) is 105 Å². The van der Waals surface area contributed by atoms with Gasteiger partial charge in [0.2, 0.25) is 0 Å². The predicted molar refractivity (Wildman–Crippen MR) is 255 cm³/mol. The lowest BCUT2D eigenvalue weighted by atomic mass is 10.1. The molecule has 17 nitrogen and oxygen atoms in total. The third kappa shape index (κ3) is 14.8. The largest absolute Gasteiger partial charge is 0.493 e. The highest BCUT2D eigenvalue weighted by atomic mass is 35.5. The van der Waals surface area contributed by atoms with E-state index in [9.17, 15) is 35.2 Å². The maximum absolute atomic E-state index is 14.3. The van der Waals surface area contributed by atoms with Crippen molar-refractivity contribution in [2.75, 3.05) is 30.0 Å². The highest BCUT2D eigenvalue weighted by Crippen LogP contribution is 2.30. The average molecular weight is 995 g/mol. The van der Waals surface area contributed by atoms with Gasteiger partial charge in [0.05, 0.1) is 35.7 Å². The number of aromatic nitrogens is 4. The van der Waals surface area contributed by atoms with Crippen LogP contribution in [-0.2, 0) is 20.0 Å². The van der Waals surface area contributed by atoms with E-state index in [-0.39, 0.29) is 56.3 Å². The Morgan fingerprint density at radius 2 is 1.06 bits per heavy atom. The number of sulfonamides is 2. The standard InChI is InChI=1S/C25H30FN5O4S.C21H20ClFN4O4S/c1-15(2)14-35-18-12-16(11-17(26)13-18)20-10-9-19(23(28-20)30-25(3,4)5)24(32)31-36(33,34)22-8-6-7-21(27)29-22;1-12(2)11-31-15-9-13(8-14(23)10-15)17-7-6-16(20(22)25-17)21(28)27-32(29,30)19-5-3-4-18(24)26-19/h6-13,15H,14H2,1-5H3,(H2,27,29)(H,28,30)(H,31,32);3-10,12H,11H2,1-2H3,(H2,24,26)(H,27,28). The van der Waals surface area contributed by atoms with Gasteiger partial charge in [0.25, 0.3) is 31.9 Å². The van der Waals surface area contributed by atoms with Crippen LogP contribution in [0.4, 0.5) is 26.2 Å². The van der Waals surface area contributed by atoms with Crippen molar-refractivity contribution < 1.29 is 44.7 Å². The predicted octanol–water partition coefficient (Wildman–Crippen LogP) is 7.90. The lowest BCUT2D eigenvalue weighted by Crippen LogP contribution is -2.34. The van der Waals surface area contributed by atoms with Gasteiger partial charge in [0, 0.05) is 28.8 Å². The van der Waals surface area contributed by atoms with Crippen LogP contribution in [0.1, 0.15) is 69.2 Å². The van der Waals surface area contributed by atoms with Crippen LogP contribution in [0.2, 0.25) is 5.15 Å². The molecule has 68 heavy (non-hydrogen) atoms. The molecule has 6 rings (SSSR count). The van der Waals surface area contributed by atoms with E-state index < -0.39 is 54.1 Å². The fourth-order valence-electron chi connectivity index (χ4n) is 5.75. The molecule has 0 aliphatic rings. The molecule has 6 aromatic rings. The Bertz CT molecular complexity index is 3050. The van der Waals surface area contributed by atoms with Gasteiger partial charge in [-0.25, -0.2) is 38.2 Å². The number of benzene rings is 2. The molecule has 2 aromatic carbocycles. The van der Waals surface area contributed by atoms with Crippen LogP contribution in [-0.4, -0.2) is 67.3 Å². The normalized spacial score (nSPS) is 11.6. The fourth-order valence-corrected chi connectivity index (χ4v) is 7.87. The van der Waals surface area contributed by atoms with Crippen LogP contribution in [0.5, 0.6) is 11.5 Å². The van der Waals surface area contributed by atoms with Crippen molar-refractivity contribution in [3.05, 3.63) is 125 Å². The van der Waals surface area contributed by atoms with E-state index in [2.05, 4.69) is 25.3 Å². The summed E-state index contributed by atoms with van der Waals surface area (Å²) in [4.78, 5) is 41.6. The van der Waals surface area contributed by atoms with E-state index in [1.54, 1.807) is 12.1 Å². The summed E-state index contributed by atoms with van der Waals surface area (Å²) in [6.45, 7) is 14.3. The lowest BCUT2D eigenvalue weighted by Gasteiger charge is -2.23. The van der Waals surface area contributed by atoms with Crippen molar-refractivity contribution in [1.29, 1.82) is 0 Å². The van der Waals surface area contributed by atoms with Crippen molar-refractivity contribution in [3.63, 3.8) is 0 Å². The van der Waals surface area contributed by atoms with Gasteiger partial charge in [-0.3, -0.25) is 9.59 Å². The highest BCUT2D eigenvalue weighted by Gasteiger charge is 2.26.